The Morgan fingerprint density at radius 2 is 1.54 bits per heavy atom. The summed E-state index contributed by atoms with van der Waals surface area (Å²) in [6, 6.07) is 23.2. The minimum atomic E-state index is -1.19. The van der Waals surface area contributed by atoms with E-state index in [-0.39, 0.29) is 6.54 Å². The molecule has 39 heavy (non-hydrogen) atoms. The number of hydrogen-bond acceptors (Lipinski definition) is 5. The number of carbonyl (C=O) groups excluding carboxylic acids is 2. The van der Waals surface area contributed by atoms with Crippen molar-refractivity contribution < 1.29 is 23.1 Å². The molecule has 1 aromatic heterocycles. The van der Waals surface area contributed by atoms with Gasteiger partial charge in [0.15, 0.2) is 0 Å². The van der Waals surface area contributed by atoms with Crippen LogP contribution >= 0.6 is 0 Å². The maximum Gasteiger partial charge on any atom is 0.252 e. The summed E-state index contributed by atoms with van der Waals surface area (Å²) in [5.74, 6) is -1.45. The molecule has 10 heteroatoms. The number of methoxy groups -OCH3 is 1. The van der Waals surface area contributed by atoms with E-state index in [0.717, 1.165) is 0 Å². The normalized spacial score (nSPS) is 11.7. The Morgan fingerprint density at radius 3 is 2.21 bits per heavy atom. The van der Waals surface area contributed by atoms with E-state index in [0.29, 0.717) is 33.7 Å². The number of amides is 2. The number of nitrogens with zero attached hydrogens (tertiary/aromatic N) is 4. The number of ether oxygens (including phenoxy) is 1. The van der Waals surface area contributed by atoms with E-state index in [1.165, 1.54) is 65.2 Å². The van der Waals surface area contributed by atoms with Gasteiger partial charge in [0.2, 0.25) is 5.91 Å². The van der Waals surface area contributed by atoms with Crippen molar-refractivity contribution in [1.82, 2.24) is 15.0 Å². The number of para-hydroxylation sites is 1. The number of rotatable bonds is 8. The lowest BCUT2D eigenvalue weighted by Gasteiger charge is -2.31. The number of anilines is 2. The van der Waals surface area contributed by atoms with Gasteiger partial charge in [-0.25, -0.2) is 13.5 Å². The van der Waals surface area contributed by atoms with Gasteiger partial charge in [-0.15, -0.1) is 5.10 Å². The summed E-state index contributed by atoms with van der Waals surface area (Å²) in [6.45, 7) is -0.242. The topological polar surface area (TPSA) is 89.4 Å². The Morgan fingerprint density at radius 1 is 0.897 bits per heavy atom. The highest BCUT2D eigenvalue weighted by Crippen LogP contribution is 2.31. The Hall–Kier alpha value is -5.12. The third-order valence-electron chi connectivity index (χ3n) is 6.13. The maximum atomic E-state index is 14.0. The highest BCUT2D eigenvalue weighted by Gasteiger charge is 2.33. The third-order valence-corrected chi connectivity index (χ3v) is 6.13. The van der Waals surface area contributed by atoms with Gasteiger partial charge in [0.25, 0.3) is 5.91 Å². The minimum Gasteiger partial charge on any atom is -0.497 e. The summed E-state index contributed by atoms with van der Waals surface area (Å²) in [5, 5.41) is 11.0. The third kappa shape index (κ3) is 5.59. The van der Waals surface area contributed by atoms with E-state index < -0.39 is 29.5 Å². The number of aromatic nitrogens is 3. The first-order valence-electron chi connectivity index (χ1n) is 12.0. The molecule has 1 heterocycles. The number of hydrogen-bond donors (Lipinski definition) is 1. The highest BCUT2D eigenvalue weighted by atomic mass is 19.1. The van der Waals surface area contributed by atoms with Crippen LogP contribution in [0.15, 0.2) is 97.1 Å². The number of fused-ring (bicyclic) bond motifs is 1. The predicted molar refractivity (Wildman–Crippen MR) is 142 cm³/mol. The number of halogens is 2. The molecular weight excluding hydrogens is 504 g/mol. The van der Waals surface area contributed by atoms with E-state index >= 15 is 0 Å². The summed E-state index contributed by atoms with van der Waals surface area (Å²) in [5.41, 5.74) is 2.35. The van der Waals surface area contributed by atoms with Crippen LogP contribution in [0.2, 0.25) is 0 Å². The molecule has 8 nitrogen and oxygen atoms in total. The number of benzene rings is 4. The monoisotopic (exact) mass is 527 g/mol. The highest BCUT2D eigenvalue weighted by molar-refractivity contribution is 6.05. The van der Waals surface area contributed by atoms with Crippen LogP contribution in [0.25, 0.3) is 11.0 Å². The summed E-state index contributed by atoms with van der Waals surface area (Å²) in [4.78, 5) is 29.1. The van der Waals surface area contributed by atoms with E-state index in [4.69, 9.17) is 4.74 Å². The Kier molecular flexibility index (Phi) is 7.26. The second-order valence-corrected chi connectivity index (χ2v) is 8.65. The molecule has 2 amide bonds. The van der Waals surface area contributed by atoms with E-state index in [9.17, 15) is 18.4 Å². The largest absolute Gasteiger partial charge is 0.497 e. The summed E-state index contributed by atoms with van der Waals surface area (Å²) < 4.78 is 34.0. The molecular formula is C29H23F2N5O3. The van der Waals surface area contributed by atoms with Crippen LogP contribution in [0.1, 0.15) is 11.6 Å². The van der Waals surface area contributed by atoms with Gasteiger partial charge in [0.05, 0.1) is 12.6 Å². The lowest BCUT2D eigenvalue weighted by molar-refractivity contribution is -0.124. The quantitative estimate of drug-likeness (QED) is 0.302. The number of nitrogens with one attached hydrogen (secondary N) is 1. The Labute approximate surface area is 222 Å². The SMILES string of the molecule is COc1ccc([C@H](C(=O)Nc2ccc(F)cc2)N(C(=O)Cn2nnc3ccccc32)c2ccc(F)cc2)cc1. The van der Waals surface area contributed by atoms with Gasteiger partial charge in [-0.2, -0.15) is 0 Å². The first-order valence-corrected chi connectivity index (χ1v) is 12.0. The van der Waals surface area contributed by atoms with Crippen molar-refractivity contribution in [3.63, 3.8) is 0 Å². The molecule has 0 saturated carbocycles. The Bertz CT molecular complexity index is 1600. The molecule has 1 atom stereocenters. The molecule has 0 spiro atoms. The molecule has 4 aromatic carbocycles. The van der Waals surface area contributed by atoms with Crippen LogP contribution in [0, 0.1) is 11.6 Å². The fraction of sp³-hybridized carbons (Fsp3) is 0.103. The zero-order chi connectivity index (χ0) is 27.4. The Balaban J connectivity index is 1.58. The van der Waals surface area contributed by atoms with Gasteiger partial charge in [0, 0.05) is 11.4 Å². The molecule has 0 bridgehead atoms. The molecule has 5 aromatic rings. The average Bonchev–Trinajstić information content (AvgIpc) is 3.36. The minimum absolute atomic E-state index is 0.242. The molecule has 1 N–H and O–H groups in total. The molecule has 196 valence electrons. The van der Waals surface area contributed by atoms with Gasteiger partial charge < -0.3 is 10.1 Å². The zero-order valence-corrected chi connectivity index (χ0v) is 20.8. The van der Waals surface area contributed by atoms with Crippen molar-refractivity contribution in [2.45, 2.75) is 12.6 Å². The van der Waals surface area contributed by atoms with Crippen molar-refractivity contribution in [2.24, 2.45) is 0 Å². The van der Waals surface area contributed by atoms with Crippen molar-refractivity contribution in [2.75, 3.05) is 17.3 Å². The zero-order valence-electron chi connectivity index (χ0n) is 20.8. The fourth-order valence-corrected chi connectivity index (χ4v) is 4.22. The predicted octanol–water partition coefficient (Wildman–Crippen LogP) is 5.13. The molecule has 0 radical (unpaired) electrons. The van der Waals surface area contributed by atoms with E-state index in [1.807, 2.05) is 6.07 Å². The first-order chi connectivity index (χ1) is 18.9. The molecule has 0 aliphatic carbocycles. The van der Waals surface area contributed by atoms with E-state index in [1.54, 1.807) is 42.5 Å². The smallest absolute Gasteiger partial charge is 0.252 e. The maximum absolute atomic E-state index is 14.0. The van der Waals surface area contributed by atoms with Crippen LogP contribution in [0.3, 0.4) is 0 Å². The van der Waals surface area contributed by atoms with E-state index in [2.05, 4.69) is 15.6 Å². The summed E-state index contributed by atoms with van der Waals surface area (Å²) >= 11 is 0. The van der Waals surface area contributed by atoms with Gasteiger partial charge in [-0.1, -0.05) is 29.5 Å². The lowest BCUT2D eigenvalue weighted by atomic mass is 10.0. The molecule has 0 fully saturated rings. The van der Waals surface area contributed by atoms with Crippen LogP contribution in [-0.4, -0.2) is 33.9 Å². The average molecular weight is 528 g/mol. The van der Waals surface area contributed by atoms with Crippen LogP contribution in [-0.2, 0) is 16.1 Å². The molecule has 5 rings (SSSR count). The van der Waals surface area contributed by atoms with Gasteiger partial charge in [-0.3, -0.25) is 14.5 Å². The summed E-state index contributed by atoms with van der Waals surface area (Å²) in [6.07, 6.45) is 0. The van der Waals surface area contributed by atoms with Gasteiger partial charge in [0.1, 0.15) is 35.5 Å². The van der Waals surface area contributed by atoms with Crippen LogP contribution in [0.5, 0.6) is 5.75 Å². The standard InChI is InChI=1S/C29H23F2N5O3/c1-39-24-16-6-19(7-17-24)28(29(38)32-22-12-8-20(30)9-13-22)36(23-14-10-21(31)11-15-23)27(37)18-35-26-5-3-2-4-25(26)33-34-35/h2-17,28H,18H2,1H3,(H,32,38)/t28-/m1/s1. The fourth-order valence-electron chi connectivity index (χ4n) is 4.22. The van der Waals surface area contributed by atoms with Crippen molar-refractivity contribution in [3.8, 4) is 5.75 Å². The number of carbonyl (C=O) groups is 2. The molecule has 0 saturated heterocycles. The molecule has 0 aliphatic rings. The molecule has 0 aliphatic heterocycles. The van der Waals surface area contributed by atoms with Gasteiger partial charge >= 0.3 is 0 Å². The second kappa shape index (κ2) is 11.1. The molecule has 0 unspecified atom stereocenters. The first kappa shape index (κ1) is 25.5. The van der Waals surface area contributed by atoms with Crippen molar-refractivity contribution in [1.29, 1.82) is 0 Å². The van der Waals surface area contributed by atoms with Gasteiger partial charge in [-0.05, 0) is 78.4 Å². The van der Waals surface area contributed by atoms with Crippen molar-refractivity contribution >= 4 is 34.2 Å². The van der Waals surface area contributed by atoms with Crippen LogP contribution in [0.4, 0.5) is 20.2 Å². The lowest BCUT2D eigenvalue weighted by Crippen LogP contribution is -2.43. The summed E-state index contributed by atoms with van der Waals surface area (Å²) in [7, 11) is 1.52. The van der Waals surface area contributed by atoms with Crippen LogP contribution < -0.4 is 15.0 Å². The van der Waals surface area contributed by atoms with Crippen molar-refractivity contribution in [3.05, 3.63) is 114 Å². The second-order valence-electron chi connectivity index (χ2n) is 8.65.